The van der Waals surface area contributed by atoms with Crippen LogP contribution in [-0.4, -0.2) is 59.5 Å². The van der Waals surface area contributed by atoms with Gasteiger partial charge in [0.1, 0.15) is 12.1 Å². The summed E-state index contributed by atoms with van der Waals surface area (Å²) in [5, 5.41) is 4.50. The van der Waals surface area contributed by atoms with Gasteiger partial charge in [0.05, 0.1) is 14.2 Å². The Kier molecular flexibility index (Phi) is 5.50. The molecule has 0 spiro atoms. The second-order valence-electron chi connectivity index (χ2n) is 8.36. The summed E-state index contributed by atoms with van der Waals surface area (Å²) < 4.78 is 12.8. The second-order valence-corrected chi connectivity index (χ2v) is 8.36. The lowest BCUT2D eigenvalue weighted by Crippen LogP contribution is -2.52. The molecule has 2 aromatic carbocycles. The maximum Gasteiger partial charge on any atom is 0.254 e. The molecule has 1 aliphatic heterocycles. The Hall–Kier alpha value is -3.81. The summed E-state index contributed by atoms with van der Waals surface area (Å²) in [4.78, 5) is 13.7. The van der Waals surface area contributed by atoms with Crippen LogP contribution in [0, 0.1) is 6.92 Å². The van der Waals surface area contributed by atoms with Crippen LogP contribution in [0.15, 0.2) is 55.0 Å². The molecule has 5 rings (SSSR count). The molecule has 33 heavy (non-hydrogen) atoms. The van der Waals surface area contributed by atoms with Gasteiger partial charge in [-0.15, -0.1) is 0 Å². The fourth-order valence-corrected chi connectivity index (χ4v) is 4.62. The van der Waals surface area contributed by atoms with E-state index >= 15 is 0 Å². The minimum absolute atomic E-state index is 0.325. The number of fused-ring (bicyclic) bond motifs is 1. The van der Waals surface area contributed by atoms with Crippen molar-refractivity contribution in [2.24, 2.45) is 0 Å². The second kappa shape index (κ2) is 8.61. The Morgan fingerprint density at radius 3 is 2.58 bits per heavy atom. The summed E-state index contributed by atoms with van der Waals surface area (Å²) in [5.41, 5.74) is 4.51. The Bertz CT molecular complexity index is 1290. The molecule has 1 saturated heterocycles. The smallest absolute Gasteiger partial charge is 0.254 e. The van der Waals surface area contributed by atoms with E-state index in [0.29, 0.717) is 23.3 Å². The number of piperazine rings is 1. The number of methoxy groups -OCH3 is 2. The van der Waals surface area contributed by atoms with Gasteiger partial charge >= 0.3 is 0 Å². The van der Waals surface area contributed by atoms with Crippen LogP contribution in [0.4, 0.5) is 11.5 Å². The summed E-state index contributed by atoms with van der Waals surface area (Å²) in [6, 6.07) is 15.0. The van der Waals surface area contributed by atoms with Gasteiger partial charge in [0.2, 0.25) is 0 Å². The first-order valence-electron chi connectivity index (χ1n) is 11.1. The van der Waals surface area contributed by atoms with E-state index in [2.05, 4.69) is 63.0 Å². The number of aryl methyl sites for hydroxylation is 1. The van der Waals surface area contributed by atoms with Crippen LogP contribution in [0.25, 0.3) is 16.9 Å². The molecule has 0 N–H and O–H groups in total. The molecule has 2 aromatic heterocycles. The predicted molar refractivity (Wildman–Crippen MR) is 130 cm³/mol. The average molecular weight is 445 g/mol. The molecule has 0 saturated carbocycles. The fourth-order valence-electron chi connectivity index (χ4n) is 4.62. The number of aromatic nitrogens is 4. The largest absolute Gasteiger partial charge is 0.493 e. The van der Waals surface area contributed by atoms with E-state index in [9.17, 15) is 0 Å². The summed E-state index contributed by atoms with van der Waals surface area (Å²) in [7, 11) is 3.29. The zero-order valence-electron chi connectivity index (χ0n) is 19.4. The standard InChI is InChI=1S/C25H28N6O2/c1-17-6-5-7-20(12-17)30-11-10-29(15-18(30)2)24-21(14-26-25-27-16-28-31(24)25)19-8-9-22(32-3)23(13-19)33-4/h5-9,12-14,16,18H,10-11,15H2,1-4H3/t18-/m1/s1. The molecule has 170 valence electrons. The van der Waals surface area contributed by atoms with Crippen molar-refractivity contribution in [1.29, 1.82) is 0 Å². The minimum atomic E-state index is 0.325. The molecule has 0 aliphatic carbocycles. The summed E-state index contributed by atoms with van der Waals surface area (Å²) in [6.07, 6.45) is 3.43. The highest BCUT2D eigenvalue weighted by Gasteiger charge is 2.28. The Labute approximate surface area is 193 Å². The molecule has 0 bridgehead atoms. The molecule has 8 heteroatoms. The quantitative estimate of drug-likeness (QED) is 0.463. The van der Waals surface area contributed by atoms with E-state index in [4.69, 9.17) is 9.47 Å². The Morgan fingerprint density at radius 1 is 0.970 bits per heavy atom. The van der Waals surface area contributed by atoms with Crippen molar-refractivity contribution in [1.82, 2.24) is 19.6 Å². The van der Waals surface area contributed by atoms with Crippen molar-refractivity contribution in [3.63, 3.8) is 0 Å². The van der Waals surface area contributed by atoms with Crippen molar-refractivity contribution >= 4 is 17.3 Å². The van der Waals surface area contributed by atoms with Gasteiger partial charge < -0.3 is 19.3 Å². The third kappa shape index (κ3) is 3.82. The first-order valence-corrected chi connectivity index (χ1v) is 11.1. The van der Waals surface area contributed by atoms with Crippen molar-refractivity contribution in [3.8, 4) is 22.6 Å². The van der Waals surface area contributed by atoms with Crippen LogP contribution in [0.5, 0.6) is 11.5 Å². The van der Waals surface area contributed by atoms with Gasteiger partial charge in [-0.05, 0) is 49.2 Å². The third-order valence-corrected chi connectivity index (χ3v) is 6.24. The SMILES string of the molecule is COc1ccc(-c2cnc3ncnn3c2N2CCN(c3cccc(C)c3)[C@H](C)C2)cc1OC. The van der Waals surface area contributed by atoms with Gasteiger partial charge in [0.25, 0.3) is 5.78 Å². The first-order chi connectivity index (χ1) is 16.1. The molecule has 0 unspecified atom stereocenters. The number of ether oxygens (including phenoxy) is 2. The number of anilines is 2. The molecule has 0 amide bonds. The van der Waals surface area contributed by atoms with Crippen LogP contribution in [0.3, 0.4) is 0 Å². The normalized spacial score (nSPS) is 16.3. The topological polar surface area (TPSA) is 68.0 Å². The van der Waals surface area contributed by atoms with Gasteiger partial charge in [-0.2, -0.15) is 14.6 Å². The lowest BCUT2D eigenvalue weighted by Gasteiger charge is -2.42. The number of nitrogens with zero attached hydrogens (tertiary/aromatic N) is 6. The predicted octanol–water partition coefficient (Wildman–Crippen LogP) is 3.83. The highest BCUT2D eigenvalue weighted by molar-refractivity contribution is 5.78. The van der Waals surface area contributed by atoms with Crippen LogP contribution in [0.2, 0.25) is 0 Å². The molecule has 1 fully saturated rings. The molecule has 4 aromatic rings. The summed E-state index contributed by atoms with van der Waals surface area (Å²) in [5.74, 6) is 2.94. The van der Waals surface area contributed by atoms with E-state index in [0.717, 1.165) is 36.6 Å². The van der Waals surface area contributed by atoms with Crippen molar-refractivity contribution in [3.05, 3.63) is 60.6 Å². The van der Waals surface area contributed by atoms with Crippen molar-refractivity contribution in [2.45, 2.75) is 19.9 Å². The van der Waals surface area contributed by atoms with Crippen molar-refractivity contribution < 1.29 is 9.47 Å². The number of hydrogen-bond acceptors (Lipinski definition) is 7. The van der Waals surface area contributed by atoms with Crippen molar-refractivity contribution in [2.75, 3.05) is 43.7 Å². The molecular weight excluding hydrogens is 416 g/mol. The van der Waals surface area contributed by atoms with Crippen LogP contribution in [-0.2, 0) is 0 Å². The van der Waals surface area contributed by atoms with E-state index in [1.54, 1.807) is 20.5 Å². The zero-order chi connectivity index (χ0) is 22.9. The Morgan fingerprint density at radius 2 is 1.82 bits per heavy atom. The molecule has 1 atom stereocenters. The highest BCUT2D eigenvalue weighted by Crippen LogP contribution is 2.37. The lowest BCUT2D eigenvalue weighted by molar-refractivity contribution is 0.355. The van der Waals surface area contributed by atoms with E-state index < -0.39 is 0 Å². The minimum Gasteiger partial charge on any atom is -0.493 e. The number of hydrogen-bond donors (Lipinski definition) is 0. The first kappa shape index (κ1) is 21.1. The monoisotopic (exact) mass is 444 g/mol. The van der Waals surface area contributed by atoms with Gasteiger partial charge in [-0.3, -0.25) is 0 Å². The maximum absolute atomic E-state index is 5.55. The van der Waals surface area contributed by atoms with E-state index in [-0.39, 0.29) is 0 Å². The van der Waals surface area contributed by atoms with Gasteiger partial charge in [-0.25, -0.2) is 4.98 Å². The van der Waals surface area contributed by atoms with Gasteiger partial charge in [-0.1, -0.05) is 18.2 Å². The Balaban J connectivity index is 1.54. The number of rotatable bonds is 5. The molecule has 0 radical (unpaired) electrons. The summed E-state index contributed by atoms with van der Waals surface area (Å²) in [6.45, 7) is 7.03. The molecular formula is C25H28N6O2. The van der Waals surface area contributed by atoms with Crippen LogP contribution >= 0.6 is 0 Å². The van der Waals surface area contributed by atoms with Crippen LogP contribution < -0.4 is 19.3 Å². The van der Waals surface area contributed by atoms with Gasteiger partial charge in [0.15, 0.2) is 11.5 Å². The summed E-state index contributed by atoms with van der Waals surface area (Å²) >= 11 is 0. The van der Waals surface area contributed by atoms with E-state index in [1.807, 2.05) is 28.9 Å². The lowest BCUT2D eigenvalue weighted by atomic mass is 10.1. The van der Waals surface area contributed by atoms with E-state index in [1.165, 1.54) is 11.3 Å². The highest BCUT2D eigenvalue weighted by atomic mass is 16.5. The number of benzene rings is 2. The average Bonchev–Trinajstić information content (AvgIpc) is 3.32. The maximum atomic E-state index is 5.55. The molecule has 3 heterocycles. The van der Waals surface area contributed by atoms with Crippen LogP contribution in [0.1, 0.15) is 12.5 Å². The molecule has 8 nitrogen and oxygen atoms in total. The zero-order valence-corrected chi connectivity index (χ0v) is 19.4. The molecule has 1 aliphatic rings. The fraction of sp³-hybridized carbons (Fsp3) is 0.320. The third-order valence-electron chi connectivity index (χ3n) is 6.24. The van der Waals surface area contributed by atoms with Gasteiger partial charge in [0, 0.05) is 43.1 Å².